The quantitative estimate of drug-likeness (QED) is 0.350. The number of rotatable bonds is 11. The zero-order valence-electron chi connectivity index (χ0n) is 16.8. The zero-order valence-corrected chi connectivity index (χ0v) is 16.8. The van der Waals surface area contributed by atoms with Gasteiger partial charge < -0.3 is 29.6 Å². The highest BCUT2D eigenvalue weighted by Gasteiger charge is 2.15. The second kappa shape index (κ2) is 12.4. The van der Waals surface area contributed by atoms with Crippen molar-refractivity contribution in [3.8, 4) is 11.5 Å². The highest BCUT2D eigenvalue weighted by Crippen LogP contribution is 2.30. The number of guanidine groups is 1. The van der Waals surface area contributed by atoms with Gasteiger partial charge in [0.15, 0.2) is 17.5 Å². The van der Waals surface area contributed by atoms with E-state index in [1.54, 1.807) is 7.11 Å². The summed E-state index contributed by atoms with van der Waals surface area (Å²) in [5.74, 6) is 2.73. The van der Waals surface area contributed by atoms with E-state index < -0.39 is 0 Å². The van der Waals surface area contributed by atoms with Crippen molar-refractivity contribution in [3.63, 3.8) is 0 Å². The third-order valence-corrected chi connectivity index (χ3v) is 4.16. The Kier molecular flexibility index (Phi) is 9.79. The van der Waals surface area contributed by atoms with Gasteiger partial charge in [0.25, 0.3) is 0 Å². The van der Waals surface area contributed by atoms with E-state index in [0.29, 0.717) is 30.6 Å². The van der Waals surface area contributed by atoms with E-state index >= 15 is 0 Å². The Morgan fingerprint density at radius 1 is 1.30 bits per heavy atom. The Morgan fingerprint density at radius 2 is 2.19 bits per heavy atom. The van der Waals surface area contributed by atoms with Gasteiger partial charge in [-0.3, -0.25) is 4.99 Å². The fourth-order valence-corrected chi connectivity index (χ4v) is 2.79. The fraction of sp³-hybridized carbons (Fsp3) is 0.650. The van der Waals surface area contributed by atoms with Crippen LogP contribution in [0, 0.1) is 5.92 Å². The van der Waals surface area contributed by atoms with Crippen LogP contribution in [0.2, 0.25) is 0 Å². The van der Waals surface area contributed by atoms with Crippen LogP contribution in [0.3, 0.4) is 0 Å². The van der Waals surface area contributed by atoms with E-state index in [1.165, 1.54) is 0 Å². The summed E-state index contributed by atoms with van der Waals surface area (Å²) in [5.41, 5.74) is 0.899. The Hall–Kier alpha value is -1.99. The first-order chi connectivity index (χ1) is 13.3. The molecule has 2 N–H and O–H groups in total. The van der Waals surface area contributed by atoms with Crippen molar-refractivity contribution in [3.05, 3.63) is 18.2 Å². The van der Waals surface area contributed by atoms with Crippen molar-refractivity contribution in [2.45, 2.75) is 26.7 Å². The van der Waals surface area contributed by atoms with Crippen LogP contribution in [0.1, 0.15) is 26.7 Å². The van der Waals surface area contributed by atoms with Gasteiger partial charge in [-0.1, -0.05) is 0 Å². The Balaban J connectivity index is 1.80. The average molecular weight is 380 g/mol. The molecule has 1 aromatic rings. The number of anilines is 1. The van der Waals surface area contributed by atoms with E-state index in [4.69, 9.17) is 18.9 Å². The Bertz CT molecular complexity index is 574. The molecule has 0 spiro atoms. The third-order valence-electron chi connectivity index (χ3n) is 4.16. The summed E-state index contributed by atoms with van der Waals surface area (Å²) in [6.45, 7) is 9.27. The van der Waals surface area contributed by atoms with Crippen molar-refractivity contribution in [1.29, 1.82) is 0 Å². The molecule has 7 heteroatoms. The molecule has 2 rings (SSSR count). The SMILES string of the molecule is CCNC(=NCCCOCC1CCOC1)Nc1ccc(OC)c(OCC)c1. The molecular weight excluding hydrogens is 346 g/mol. The molecule has 1 unspecified atom stereocenters. The molecule has 1 aromatic carbocycles. The van der Waals surface area contributed by atoms with Crippen molar-refractivity contribution in [1.82, 2.24) is 5.32 Å². The molecule has 27 heavy (non-hydrogen) atoms. The highest BCUT2D eigenvalue weighted by molar-refractivity contribution is 5.93. The van der Waals surface area contributed by atoms with Gasteiger partial charge in [-0.15, -0.1) is 0 Å². The van der Waals surface area contributed by atoms with Crippen LogP contribution in [0.5, 0.6) is 11.5 Å². The van der Waals surface area contributed by atoms with Gasteiger partial charge in [0.2, 0.25) is 0 Å². The average Bonchev–Trinajstić information content (AvgIpc) is 3.18. The topological polar surface area (TPSA) is 73.3 Å². The van der Waals surface area contributed by atoms with Crippen molar-refractivity contribution in [2.24, 2.45) is 10.9 Å². The lowest BCUT2D eigenvalue weighted by molar-refractivity contribution is 0.0893. The van der Waals surface area contributed by atoms with Gasteiger partial charge >= 0.3 is 0 Å². The second-order valence-corrected chi connectivity index (χ2v) is 6.34. The van der Waals surface area contributed by atoms with E-state index in [9.17, 15) is 0 Å². The monoisotopic (exact) mass is 379 g/mol. The molecule has 0 radical (unpaired) electrons. The van der Waals surface area contributed by atoms with E-state index in [-0.39, 0.29) is 0 Å². The Morgan fingerprint density at radius 3 is 2.89 bits per heavy atom. The molecule has 0 bridgehead atoms. The standard InChI is InChI=1S/C20H33N3O4/c1-4-21-20(22-10-6-11-25-14-16-9-12-26-15-16)23-17-7-8-18(24-3)19(13-17)27-5-2/h7-8,13,16H,4-6,9-12,14-15H2,1-3H3,(H2,21,22,23). The van der Waals surface area contributed by atoms with Crippen LogP contribution in [0.15, 0.2) is 23.2 Å². The Labute approximate surface area is 162 Å². The molecule has 1 saturated heterocycles. The molecule has 0 amide bonds. The number of ether oxygens (including phenoxy) is 4. The van der Waals surface area contributed by atoms with Gasteiger partial charge in [-0.25, -0.2) is 0 Å². The van der Waals surface area contributed by atoms with Gasteiger partial charge in [0.1, 0.15) is 0 Å². The van der Waals surface area contributed by atoms with Gasteiger partial charge in [-0.2, -0.15) is 0 Å². The van der Waals surface area contributed by atoms with Crippen LogP contribution in [0.4, 0.5) is 5.69 Å². The number of hydrogen-bond donors (Lipinski definition) is 2. The van der Waals surface area contributed by atoms with Crippen LogP contribution < -0.4 is 20.1 Å². The molecule has 1 aliphatic rings. The summed E-state index contributed by atoms with van der Waals surface area (Å²) in [7, 11) is 1.64. The molecule has 7 nitrogen and oxygen atoms in total. The largest absolute Gasteiger partial charge is 0.493 e. The van der Waals surface area contributed by atoms with Crippen molar-refractivity contribution < 1.29 is 18.9 Å². The van der Waals surface area contributed by atoms with Gasteiger partial charge in [0, 0.05) is 44.0 Å². The van der Waals surface area contributed by atoms with Crippen LogP contribution in [0.25, 0.3) is 0 Å². The smallest absolute Gasteiger partial charge is 0.195 e. The summed E-state index contributed by atoms with van der Waals surface area (Å²) >= 11 is 0. The number of nitrogens with one attached hydrogen (secondary N) is 2. The molecule has 0 aliphatic carbocycles. The number of hydrogen-bond acceptors (Lipinski definition) is 5. The maximum Gasteiger partial charge on any atom is 0.195 e. The summed E-state index contributed by atoms with van der Waals surface area (Å²) in [6, 6.07) is 5.75. The number of aliphatic imine (C=N–C) groups is 1. The first-order valence-electron chi connectivity index (χ1n) is 9.78. The first kappa shape index (κ1) is 21.3. The molecule has 1 aliphatic heterocycles. The highest BCUT2D eigenvalue weighted by atomic mass is 16.5. The minimum Gasteiger partial charge on any atom is -0.493 e. The van der Waals surface area contributed by atoms with E-state index in [2.05, 4.69) is 15.6 Å². The first-order valence-corrected chi connectivity index (χ1v) is 9.78. The summed E-state index contributed by atoms with van der Waals surface area (Å²) in [5, 5.41) is 6.57. The van der Waals surface area contributed by atoms with Crippen LogP contribution in [-0.2, 0) is 9.47 Å². The maximum atomic E-state index is 5.73. The number of nitrogens with zero attached hydrogens (tertiary/aromatic N) is 1. The summed E-state index contributed by atoms with van der Waals surface area (Å²) < 4.78 is 22.0. The lowest BCUT2D eigenvalue weighted by Gasteiger charge is -2.14. The van der Waals surface area contributed by atoms with Gasteiger partial charge in [0.05, 0.1) is 26.9 Å². The molecule has 0 aromatic heterocycles. The molecule has 0 saturated carbocycles. The lowest BCUT2D eigenvalue weighted by atomic mass is 10.1. The molecule has 1 heterocycles. The summed E-state index contributed by atoms with van der Waals surface area (Å²) in [4.78, 5) is 4.61. The van der Waals surface area contributed by atoms with Crippen LogP contribution >= 0.6 is 0 Å². The molecule has 1 atom stereocenters. The lowest BCUT2D eigenvalue weighted by Crippen LogP contribution is -2.30. The maximum absolute atomic E-state index is 5.73. The molecule has 152 valence electrons. The zero-order chi connectivity index (χ0) is 19.3. The minimum atomic E-state index is 0.557. The van der Waals surface area contributed by atoms with Crippen molar-refractivity contribution >= 4 is 11.6 Å². The van der Waals surface area contributed by atoms with E-state index in [0.717, 1.165) is 57.5 Å². The molecular formula is C20H33N3O4. The fourth-order valence-electron chi connectivity index (χ4n) is 2.79. The number of benzene rings is 1. The summed E-state index contributed by atoms with van der Waals surface area (Å²) in [6.07, 6.45) is 2.00. The second-order valence-electron chi connectivity index (χ2n) is 6.34. The van der Waals surface area contributed by atoms with Gasteiger partial charge in [-0.05, 0) is 38.8 Å². The third kappa shape index (κ3) is 7.64. The predicted octanol–water partition coefficient (Wildman–Crippen LogP) is 2.91. The normalized spacial score (nSPS) is 17.0. The van der Waals surface area contributed by atoms with Crippen molar-refractivity contribution in [2.75, 3.05) is 58.6 Å². The predicted molar refractivity (Wildman–Crippen MR) is 108 cm³/mol. The minimum absolute atomic E-state index is 0.557. The molecule has 1 fully saturated rings. The van der Waals surface area contributed by atoms with Crippen LogP contribution in [-0.4, -0.2) is 59.2 Å². The van der Waals surface area contributed by atoms with E-state index in [1.807, 2.05) is 32.0 Å². The number of methoxy groups -OCH3 is 1.